The first-order valence-corrected chi connectivity index (χ1v) is 10.1. The fourth-order valence-corrected chi connectivity index (χ4v) is 3.11. The molecular weight excluding hydrogens is 348 g/mol. The van der Waals surface area contributed by atoms with Crippen molar-refractivity contribution in [2.24, 2.45) is 0 Å². The third kappa shape index (κ3) is 6.46. The minimum absolute atomic E-state index is 0.0598. The number of hydrogen-bond donors (Lipinski definition) is 2. The Morgan fingerprint density at radius 1 is 0.962 bits per heavy atom. The van der Waals surface area contributed by atoms with Gasteiger partial charge in [0.05, 0.1) is 5.75 Å². The maximum Gasteiger partial charge on any atom is 0.244 e. The summed E-state index contributed by atoms with van der Waals surface area (Å²) in [5.41, 5.74) is 3.85. The summed E-state index contributed by atoms with van der Waals surface area (Å²) < 4.78 is 25.3. The van der Waals surface area contributed by atoms with Gasteiger partial charge in [-0.05, 0) is 41.8 Å². The third-order valence-electron chi connectivity index (χ3n) is 3.97. The van der Waals surface area contributed by atoms with Crippen LogP contribution in [0.4, 0.5) is 0 Å². The monoisotopic (exact) mass is 372 g/mol. The van der Waals surface area contributed by atoms with Gasteiger partial charge in [0.15, 0.2) is 0 Å². The molecule has 2 rings (SSSR count). The molecule has 2 N–H and O–H groups in total. The molecule has 0 fully saturated rings. The Labute approximate surface area is 155 Å². The highest BCUT2D eigenvalue weighted by molar-refractivity contribution is 7.88. The van der Waals surface area contributed by atoms with Crippen LogP contribution in [0.3, 0.4) is 0 Å². The first kappa shape index (κ1) is 19.9. The Morgan fingerprint density at radius 2 is 1.54 bits per heavy atom. The van der Waals surface area contributed by atoms with Crippen LogP contribution < -0.4 is 10.0 Å². The Balaban J connectivity index is 1.85. The average molecular weight is 372 g/mol. The van der Waals surface area contributed by atoms with E-state index in [0.717, 1.165) is 17.5 Å². The van der Waals surface area contributed by atoms with Crippen LogP contribution in [0.1, 0.15) is 29.2 Å². The minimum atomic E-state index is -3.28. The summed E-state index contributed by atoms with van der Waals surface area (Å²) in [6, 6.07) is 15.2. The second-order valence-electron chi connectivity index (χ2n) is 5.93. The number of nitrogens with one attached hydrogen (secondary N) is 2. The number of carbonyl (C=O) groups is 1. The molecule has 1 amide bonds. The summed E-state index contributed by atoms with van der Waals surface area (Å²) in [4.78, 5) is 11.9. The highest BCUT2D eigenvalue weighted by Gasteiger charge is 2.08. The van der Waals surface area contributed by atoms with Crippen molar-refractivity contribution < 1.29 is 13.2 Å². The molecule has 0 unspecified atom stereocenters. The van der Waals surface area contributed by atoms with Crippen LogP contribution in [0, 0.1) is 0 Å². The predicted molar refractivity (Wildman–Crippen MR) is 105 cm³/mol. The second kappa shape index (κ2) is 9.31. The van der Waals surface area contributed by atoms with Crippen molar-refractivity contribution >= 4 is 22.0 Å². The van der Waals surface area contributed by atoms with Crippen LogP contribution >= 0.6 is 0 Å². The van der Waals surface area contributed by atoms with E-state index in [1.807, 2.05) is 36.4 Å². The maximum atomic E-state index is 11.9. The van der Waals surface area contributed by atoms with E-state index < -0.39 is 10.0 Å². The van der Waals surface area contributed by atoms with Crippen LogP contribution in [-0.2, 0) is 33.5 Å². The summed E-state index contributed by atoms with van der Waals surface area (Å²) >= 11 is 0. The summed E-state index contributed by atoms with van der Waals surface area (Å²) in [6.45, 7) is 2.49. The number of hydrogen-bond acceptors (Lipinski definition) is 3. The number of rotatable bonds is 8. The molecule has 0 bridgehead atoms. The molecule has 0 saturated heterocycles. The van der Waals surface area contributed by atoms with Crippen molar-refractivity contribution in [3.63, 3.8) is 0 Å². The largest absolute Gasteiger partial charge is 0.348 e. The predicted octanol–water partition coefficient (Wildman–Crippen LogP) is 2.63. The normalized spacial score (nSPS) is 11.6. The highest BCUT2D eigenvalue weighted by atomic mass is 32.2. The summed E-state index contributed by atoms with van der Waals surface area (Å²) in [7, 11) is -1.88. The molecule has 5 nitrogen and oxygen atoms in total. The lowest BCUT2D eigenvalue weighted by Gasteiger charge is -2.06. The van der Waals surface area contributed by atoms with E-state index in [2.05, 4.69) is 17.0 Å². The average Bonchev–Trinajstić information content (AvgIpc) is 2.66. The Kier molecular flexibility index (Phi) is 7.12. The van der Waals surface area contributed by atoms with Crippen molar-refractivity contribution in [1.82, 2.24) is 10.0 Å². The van der Waals surface area contributed by atoms with Crippen LogP contribution in [0.5, 0.6) is 0 Å². The number of sulfonamides is 1. The smallest absolute Gasteiger partial charge is 0.244 e. The van der Waals surface area contributed by atoms with Gasteiger partial charge < -0.3 is 5.32 Å². The number of benzene rings is 2. The molecule has 6 heteroatoms. The molecule has 0 aliphatic heterocycles. The first-order valence-electron chi connectivity index (χ1n) is 8.45. The molecule has 0 aromatic heterocycles. The van der Waals surface area contributed by atoms with E-state index in [9.17, 15) is 13.2 Å². The lowest BCUT2D eigenvalue weighted by atomic mass is 10.1. The molecule has 0 aliphatic carbocycles. The Morgan fingerprint density at radius 3 is 2.12 bits per heavy atom. The quantitative estimate of drug-likeness (QED) is 0.700. The fraction of sp³-hybridized carbons (Fsp3) is 0.250. The molecule has 0 atom stereocenters. The topological polar surface area (TPSA) is 75.3 Å². The van der Waals surface area contributed by atoms with Gasteiger partial charge in [-0.15, -0.1) is 0 Å². The minimum Gasteiger partial charge on any atom is -0.348 e. The van der Waals surface area contributed by atoms with Gasteiger partial charge in [-0.25, -0.2) is 13.1 Å². The number of amides is 1. The SMILES string of the molecule is CCc1ccc(/C=C/C(=O)NCc2ccc(CS(=O)(=O)NC)cc2)cc1. The molecule has 0 heterocycles. The van der Waals surface area contributed by atoms with Crippen LogP contribution in [-0.4, -0.2) is 21.4 Å². The van der Waals surface area contributed by atoms with Gasteiger partial charge in [0.2, 0.25) is 15.9 Å². The first-order chi connectivity index (χ1) is 12.4. The van der Waals surface area contributed by atoms with Crippen molar-refractivity contribution in [2.75, 3.05) is 7.05 Å². The van der Waals surface area contributed by atoms with Crippen molar-refractivity contribution in [2.45, 2.75) is 25.6 Å². The van der Waals surface area contributed by atoms with Gasteiger partial charge in [0.25, 0.3) is 0 Å². The van der Waals surface area contributed by atoms with E-state index in [1.165, 1.54) is 18.7 Å². The third-order valence-corrected chi connectivity index (χ3v) is 5.31. The zero-order valence-corrected chi connectivity index (χ0v) is 15.8. The zero-order valence-electron chi connectivity index (χ0n) is 15.0. The van der Waals surface area contributed by atoms with E-state index in [1.54, 1.807) is 18.2 Å². The van der Waals surface area contributed by atoms with Crippen molar-refractivity contribution in [3.05, 3.63) is 76.9 Å². The van der Waals surface area contributed by atoms with Crippen LogP contribution in [0.25, 0.3) is 6.08 Å². The van der Waals surface area contributed by atoms with Gasteiger partial charge in [0.1, 0.15) is 0 Å². The highest BCUT2D eigenvalue weighted by Crippen LogP contribution is 2.08. The van der Waals surface area contributed by atoms with Gasteiger partial charge in [-0.3, -0.25) is 4.79 Å². The Hall–Kier alpha value is -2.44. The molecule has 0 radical (unpaired) electrons. The molecule has 2 aromatic carbocycles. The van der Waals surface area contributed by atoms with E-state index in [-0.39, 0.29) is 11.7 Å². The van der Waals surface area contributed by atoms with Crippen LogP contribution in [0.2, 0.25) is 0 Å². The molecule has 138 valence electrons. The van der Waals surface area contributed by atoms with E-state index in [4.69, 9.17) is 0 Å². The standard InChI is InChI=1S/C20H24N2O3S/c1-3-16-4-6-17(7-5-16)12-13-20(23)22-14-18-8-10-19(11-9-18)15-26(24,25)21-2/h4-13,21H,3,14-15H2,1-2H3,(H,22,23)/b13-12+. The lowest BCUT2D eigenvalue weighted by Crippen LogP contribution is -2.21. The van der Waals surface area contributed by atoms with Crippen LogP contribution in [0.15, 0.2) is 54.6 Å². The lowest BCUT2D eigenvalue weighted by molar-refractivity contribution is -0.116. The molecule has 0 aliphatic rings. The van der Waals surface area contributed by atoms with E-state index >= 15 is 0 Å². The molecule has 2 aromatic rings. The van der Waals surface area contributed by atoms with Crippen molar-refractivity contribution in [1.29, 1.82) is 0 Å². The Bertz CT molecular complexity index is 855. The van der Waals surface area contributed by atoms with Gasteiger partial charge >= 0.3 is 0 Å². The summed E-state index contributed by atoms with van der Waals surface area (Å²) in [5, 5.41) is 2.81. The second-order valence-corrected chi connectivity index (χ2v) is 7.85. The van der Waals surface area contributed by atoms with Gasteiger partial charge in [0, 0.05) is 12.6 Å². The molecular formula is C20H24N2O3S. The number of aryl methyl sites for hydroxylation is 1. The van der Waals surface area contributed by atoms with E-state index in [0.29, 0.717) is 12.1 Å². The summed E-state index contributed by atoms with van der Waals surface area (Å²) in [6.07, 6.45) is 4.28. The van der Waals surface area contributed by atoms with Gasteiger partial charge in [-0.1, -0.05) is 55.5 Å². The number of carbonyl (C=O) groups excluding carboxylic acids is 1. The fourth-order valence-electron chi connectivity index (χ4n) is 2.33. The maximum absolute atomic E-state index is 11.9. The molecule has 0 saturated carbocycles. The summed E-state index contributed by atoms with van der Waals surface area (Å²) in [5.74, 6) is -0.234. The zero-order chi connectivity index (χ0) is 19.0. The molecule has 26 heavy (non-hydrogen) atoms. The molecule has 0 spiro atoms. The van der Waals surface area contributed by atoms with Crippen molar-refractivity contribution in [3.8, 4) is 0 Å². The van der Waals surface area contributed by atoms with Gasteiger partial charge in [-0.2, -0.15) is 0 Å².